The zero-order valence-electron chi connectivity index (χ0n) is 19.3. The summed E-state index contributed by atoms with van der Waals surface area (Å²) in [7, 11) is 3.37. The number of rotatable bonds is 7. The van der Waals surface area contributed by atoms with E-state index in [1.165, 1.54) is 5.56 Å². The Kier molecular flexibility index (Phi) is 6.13. The number of ether oxygens (including phenoxy) is 2. The number of imidazole rings is 1. The highest BCUT2D eigenvalue weighted by molar-refractivity contribution is 5.82. The van der Waals surface area contributed by atoms with Gasteiger partial charge in [0.25, 0.3) is 0 Å². The number of methoxy groups -OCH3 is 2. The summed E-state index contributed by atoms with van der Waals surface area (Å²) in [5.41, 5.74) is 6.41. The van der Waals surface area contributed by atoms with Gasteiger partial charge < -0.3 is 14.0 Å². The van der Waals surface area contributed by atoms with E-state index in [4.69, 9.17) is 14.5 Å². The molecule has 4 heteroatoms. The van der Waals surface area contributed by atoms with Crippen LogP contribution in [0.3, 0.4) is 0 Å². The van der Waals surface area contributed by atoms with E-state index >= 15 is 0 Å². The van der Waals surface area contributed by atoms with E-state index in [9.17, 15) is 0 Å². The van der Waals surface area contributed by atoms with E-state index in [-0.39, 0.29) is 0 Å². The highest BCUT2D eigenvalue weighted by atomic mass is 16.5. The summed E-state index contributed by atoms with van der Waals surface area (Å²) < 4.78 is 13.1. The van der Waals surface area contributed by atoms with Crippen LogP contribution >= 0.6 is 0 Å². The number of benzene rings is 4. The van der Waals surface area contributed by atoms with Crippen LogP contribution < -0.4 is 9.47 Å². The molecule has 0 saturated carbocycles. The highest BCUT2D eigenvalue weighted by Gasteiger charge is 2.21. The van der Waals surface area contributed by atoms with Gasteiger partial charge in [0.05, 0.1) is 25.6 Å². The minimum Gasteiger partial charge on any atom is -0.497 e. The lowest BCUT2D eigenvalue weighted by Crippen LogP contribution is -2.04. The lowest BCUT2D eigenvalue weighted by molar-refractivity contribution is 0.414. The maximum atomic E-state index is 5.41. The normalized spacial score (nSPS) is 10.8. The zero-order valence-corrected chi connectivity index (χ0v) is 19.3. The van der Waals surface area contributed by atoms with Crippen molar-refractivity contribution in [1.82, 2.24) is 9.55 Å². The Morgan fingerprint density at radius 3 is 1.68 bits per heavy atom. The van der Waals surface area contributed by atoms with Crippen molar-refractivity contribution >= 4 is 0 Å². The van der Waals surface area contributed by atoms with Crippen LogP contribution in [0.25, 0.3) is 33.9 Å². The second kappa shape index (κ2) is 9.67. The van der Waals surface area contributed by atoms with Gasteiger partial charge in [-0.25, -0.2) is 4.98 Å². The summed E-state index contributed by atoms with van der Waals surface area (Å²) in [6, 6.07) is 37.1. The lowest BCUT2D eigenvalue weighted by atomic mass is 10.0. The average Bonchev–Trinajstić information content (AvgIpc) is 3.28. The Balaban J connectivity index is 1.77. The minimum atomic E-state index is 0.704. The fourth-order valence-electron chi connectivity index (χ4n) is 4.17. The molecular formula is C30H26N2O2. The summed E-state index contributed by atoms with van der Waals surface area (Å²) in [5, 5.41) is 0. The van der Waals surface area contributed by atoms with Crippen molar-refractivity contribution in [3.8, 4) is 45.4 Å². The van der Waals surface area contributed by atoms with Crippen molar-refractivity contribution in [2.45, 2.75) is 6.54 Å². The number of hydrogen-bond acceptors (Lipinski definition) is 3. The quantitative estimate of drug-likeness (QED) is 0.271. The molecule has 168 valence electrons. The first-order valence-electron chi connectivity index (χ1n) is 11.3. The van der Waals surface area contributed by atoms with Crippen molar-refractivity contribution in [3.05, 3.63) is 115 Å². The van der Waals surface area contributed by atoms with Crippen LogP contribution in [0.5, 0.6) is 11.5 Å². The molecule has 1 aromatic heterocycles. The molecule has 0 radical (unpaired) electrons. The Morgan fingerprint density at radius 1 is 0.588 bits per heavy atom. The topological polar surface area (TPSA) is 36.3 Å². The highest BCUT2D eigenvalue weighted by Crippen LogP contribution is 2.38. The Labute approximate surface area is 200 Å². The molecule has 4 nitrogen and oxygen atoms in total. The second-order valence-corrected chi connectivity index (χ2v) is 8.03. The van der Waals surface area contributed by atoms with Gasteiger partial charge in [-0.05, 0) is 54.1 Å². The number of nitrogens with zero attached hydrogens (tertiary/aromatic N) is 2. The number of aromatic nitrogens is 2. The summed E-state index contributed by atoms with van der Waals surface area (Å²) in [6.45, 7) is 0.704. The van der Waals surface area contributed by atoms with Crippen LogP contribution in [0.2, 0.25) is 0 Å². The molecule has 4 aromatic carbocycles. The molecule has 0 amide bonds. The Bertz CT molecular complexity index is 1360. The fraction of sp³-hybridized carbons (Fsp3) is 0.100. The first-order chi connectivity index (χ1) is 16.8. The van der Waals surface area contributed by atoms with E-state index in [1.54, 1.807) is 14.2 Å². The molecule has 0 atom stereocenters. The van der Waals surface area contributed by atoms with E-state index in [0.717, 1.165) is 45.4 Å². The molecular weight excluding hydrogens is 420 g/mol. The lowest BCUT2D eigenvalue weighted by Gasteiger charge is -2.14. The van der Waals surface area contributed by atoms with Gasteiger partial charge in [0, 0.05) is 23.2 Å². The molecule has 34 heavy (non-hydrogen) atoms. The van der Waals surface area contributed by atoms with E-state index in [1.807, 2.05) is 36.4 Å². The average molecular weight is 447 g/mol. The van der Waals surface area contributed by atoms with Crippen LogP contribution in [0.1, 0.15) is 5.56 Å². The van der Waals surface area contributed by atoms with Crippen molar-refractivity contribution in [2.24, 2.45) is 0 Å². The SMILES string of the molecule is COc1ccc(-c2nc(-c3ccccc3)n(Cc3ccccc3)c2-c2ccc(OC)cc2)cc1. The van der Waals surface area contributed by atoms with Gasteiger partial charge in [0.1, 0.15) is 17.3 Å². The van der Waals surface area contributed by atoms with Crippen molar-refractivity contribution < 1.29 is 9.47 Å². The van der Waals surface area contributed by atoms with Gasteiger partial charge in [-0.3, -0.25) is 0 Å². The Hall–Kier alpha value is -4.31. The monoisotopic (exact) mass is 446 g/mol. The zero-order chi connectivity index (χ0) is 23.3. The maximum Gasteiger partial charge on any atom is 0.141 e. The Morgan fingerprint density at radius 2 is 1.12 bits per heavy atom. The van der Waals surface area contributed by atoms with E-state index in [2.05, 4.69) is 77.4 Å². The summed E-state index contributed by atoms with van der Waals surface area (Å²) in [6.07, 6.45) is 0. The molecule has 0 aliphatic rings. The summed E-state index contributed by atoms with van der Waals surface area (Å²) >= 11 is 0. The minimum absolute atomic E-state index is 0.704. The van der Waals surface area contributed by atoms with Crippen LogP contribution in [0.4, 0.5) is 0 Å². The van der Waals surface area contributed by atoms with Gasteiger partial charge in [-0.2, -0.15) is 0 Å². The first kappa shape index (κ1) is 21.5. The molecule has 0 spiro atoms. The second-order valence-electron chi connectivity index (χ2n) is 8.03. The predicted molar refractivity (Wildman–Crippen MR) is 137 cm³/mol. The van der Waals surface area contributed by atoms with Gasteiger partial charge in [0.15, 0.2) is 0 Å². The van der Waals surface area contributed by atoms with Crippen LogP contribution in [0.15, 0.2) is 109 Å². The molecule has 1 heterocycles. The molecule has 0 bridgehead atoms. The summed E-state index contributed by atoms with van der Waals surface area (Å²) in [5.74, 6) is 2.58. The maximum absolute atomic E-state index is 5.41. The molecule has 0 fully saturated rings. The van der Waals surface area contributed by atoms with E-state index < -0.39 is 0 Å². The van der Waals surface area contributed by atoms with Crippen molar-refractivity contribution in [1.29, 1.82) is 0 Å². The van der Waals surface area contributed by atoms with Gasteiger partial charge in [0.2, 0.25) is 0 Å². The van der Waals surface area contributed by atoms with Crippen molar-refractivity contribution in [3.63, 3.8) is 0 Å². The van der Waals surface area contributed by atoms with Crippen molar-refractivity contribution in [2.75, 3.05) is 14.2 Å². The molecule has 0 unspecified atom stereocenters. The van der Waals surface area contributed by atoms with Crippen LogP contribution in [0, 0.1) is 0 Å². The standard InChI is InChI=1S/C30H26N2O2/c1-33-26-17-13-23(14-18-26)28-29(24-15-19-27(34-2)20-16-24)32(21-22-9-5-3-6-10-22)30(31-28)25-11-7-4-8-12-25/h3-20H,21H2,1-2H3. The molecule has 0 aliphatic heterocycles. The molecule has 0 aliphatic carbocycles. The third kappa shape index (κ3) is 4.30. The molecule has 0 saturated heterocycles. The molecule has 5 aromatic rings. The number of hydrogen-bond donors (Lipinski definition) is 0. The third-order valence-corrected chi connectivity index (χ3v) is 5.91. The van der Waals surface area contributed by atoms with Crippen LogP contribution in [-0.4, -0.2) is 23.8 Å². The van der Waals surface area contributed by atoms with Gasteiger partial charge >= 0.3 is 0 Å². The molecule has 0 N–H and O–H groups in total. The first-order valence-corrected chi connectivity index (χ1v) is 11.3. The fourth-order valence-corrected chi connectivity index (χ4v) is 4.17. The summed E-state index contributed by atoms with van der Waals surface area (Å²) in [4.78, 5) is 5.21. The largest absolute Gasteiger partial charge is 0.497 e. The predicted octanol–water partition coefficient (Wildman–Crippen LogP) is 6.95. The van der Waals surface area contributed by atoms with E-state index in [0.29, 0.717) is 6.54 Å². The van der Waals surface area contributed by atoms with Gasteiger partial charge in [-0.15, -0.1) is 0 Å². The van der Waals surface area contributed by atoms with Gasteiger partial charge in [-0.1, -0.05) is 60.7 Å². The molecule has 5 rings (SSSR count). The van der Waals surface area contributed by atoms with Crippen LogP contribution in [-0.2, 0) is 6.54 Å². The smallest absolute Gasteiger partial charge is 0.141 e. The third-order valence-electron chi connectivity index (χ3n) is 5.91.